The maximum atomic E-state index is 11.4. The molecule has 0 aliphatic rings. The van der Waals surface area contributed by atoms with Crippen molar-refractivity contribution in [2.24, 2.45) is 0 Å². The first kappa shape index (κ1) is 24.5. The second-order valence-corrected chi connectivity index (χ2v) is 7.47. The van der Waals surface area contributed by atoms with Gasteiger partial charge in [0.15, 0.2) is 0 Å². The summed E-state index contributed by atoms with van der Waals surface area (Å²) in [6, 6.07) is 0. The highest BCUT2D eigenvalue weighted by Gasteiger charge is 2.08. The summed E-state index contributed by atoms with van der Waals surface area (Å²) in [6.45, 7) is 2.27. The van der Waals surface area contributed by atoms with Crippen molar-refractivity contribution in [3.63, 3.8) is 0 Å². The fourth-order valence-electron chi connectivity index (χ4n) is 2.96. The number of ether oxygens (including phenoxy) is 1. The molecule has 0 amide bonds. The maximum Gasteiger partial charge on any atom is 0.314 e. The Balaban J connectivity index is 3.16. The Labute approximate surface area is 161 Å². The SMILES string of the molecule is CCCCCCCCCCCCCCCCCC(=O)OC(=O)CCS. The van der Waals surface area contributed by atoms with Crippen LogP contribution in [0.2, 0.25) is 0 Å². The molecule has 3 nitrogen and oxygen atoms in total. The van der Waals surface area contributed by atoms with Gasteiger partial charge in [-0.05, 0) is 6.42 Å². The third-order valence-electron chi connectivity index (χ3n) is 4.53. The molecule has 25 heavy (non-hydrogen) atoms. The molecule has 148 valence electrons. The fraction of sp³-hybridized carbons (Fsp3) is 0.905. The minimum atomic E-state index is -0.457. The molecule has 0 radical (unpaired) electrons. The molecule has 0 atom stereocenters. The largest absolute Gasteiger partial charge is 0.393 e. The lowest BCUT2D eigenvalue weighted by molar-refractivity contribution is -0.159. The molecule has 0 aromatic carbocycles. The van der Waals surface area contributed by atoms with Gasteiger partial charge in [-0.3, -0.25) is 9.59 Å². The molecule has 0 spiro atoms. The molecule has 0 rings (SSSR count). The highest BCUT2D eigenvalue weighted by molar-refractivity contribution is 7.80. The number of rotatable bonds is 18. The van der Waals surface area contributed by atoms with Crippen molar-refractivity contribution >= 4 is 24.6 Å². The van der Waals surface area contributed by atoms with Crippen molar-refractivity contribution in [3.8, 4) is 0 Å². The predicted octanol–water partition coefficient (Wildman–Crippen LogP) is 6.64. The van der Waals surface area contributed by atoms with Crippen molar-refractivity contribution in [1.29, 1.82) is 0 Å². The van der Waals surface area contributed by atoms with Gasteiger partial charge in [0.05, 0.1) is 6.42 Å². The molecule has 0 aromatic heterocycles. The molecule has 4 heteroatoms. The maximum absolute atomic E-state index is 11.4. The highest BCUT2D eigenvalue weighted by Crippen LogP contribution is 2.13. The van der Waals surface area contributed by atoms with Gasteiger partial charge in [-0.25, -0.2) is 0 Å². The lowest BCUT2D eigenvalue weighted by Gasteiger charge is -2.04. The van der Waals surface area contributed by atoms with Gasteiger partial charge in [0.2, 0.25) is 0 Å². The zero-order valence-corrected chi connectivity index (χ0v) is 17.3. The van der Waals surface area contributed by atoms with Crippen LogP contribution in [-0.4, -0.2) is 17.7 Å². The van der Waals surface area contributed by atoms with Crippen LogP contribution in [0.3, 0.4) is 0 Å². The van der Waals surface area contributed by atoms with E-state index in [-0.39, 0.29) is 12.4 Å². The quantitative estimate of drug-likeness (QED) is 0.127. The standard InChI is InChI=1S/C21H40O3S/c1-2-3-4-5-6-7-8-9-10-11-12-13-14-15-16-17-20(22)24-21(23)18-19-25/h25H,2-19H2,1H3. The van der Waals surface area contributed by atoms with Crippen molar-refractivity contribution in [2.45, 2.75) is 116 Å². The second-order valence-electron chi connectivity index (χ2n) is 7.02. The van der Waals surface area contributed by atoms with Crippen LogP contribution in [0.1, 0.15) is 116 Å². The third kappa shape index (κ3) is 19.7. The van der Waals surface area contributed by atoms with Crippen LogP contribution < -0.4 is 0 Å². The van der Waals surface area contributed by atoms with E-state index in [1.807, 2.05) is 0 Å². The summed E-state index contributed by atoms with van der Waals surface area (Å²) in [7, 11) is 0. The first-order valence-electron chi connectivity index (χ1n) is 10.5. The molecule has 0 unspecified atom stereocenters. The monoisotopic (exact) mass is 372 g/mol. The molecule has 0 aromatic rings. The van der Waals surface area contributed by atoms with E-state index in [2.05, 4.69) is 24.3 Å². The smallest absolute Gasteiger partial charge is 0.314 e. The van der Waals surface area contributed by atoms with E-state index < -0.39 is 5.97 Å². The number of unbranched alkanes of at least 4 members (excludes halogenated alkanes) is 14. The summed E-state index contributed by atoms with van der Waals surface area (Å²) in [5.74, 6) is -0.423. The molecule has 0 aliphatic heterocycles. The number of carbonyl (C=O) groups excluding carboxylic acids is 2. The van der Waals surface area contributed by atoms with Gasteiger partial charge in [-0.1, -0.05) is 96.8 Å². The van der Waals surface area contributed by atoms with Crippen molar-refractivity contribution in [1.82, 2.24) is 0 Å². The van der Waals surface area contributed by atoms with Crippen LogP contribution in [0.4, 0.5) is 0 Å². The summed E-state index contributed by atoms with van der Waals surface area (Å²) in [5.41, 5.74) is 0. The number of thiol groups is 1. The molecular weight excluding hydrogens is 332 g/mol. The molecule has 0 saturated heterocycles. The Morgan fingerprint density at radius 2 is 0.960 bits per heavy atom. The Morgan fingerprint density at radius 1 is 0.600 bits per heavy atom. The third-order valence-corrected chi connectivity index (χ3v) is 4.75. The summed E-state index contributed by atoms with van der Waals surface area (Å²) in [6.07, 6.45) is 20.1. The minimum absolute atomic E-state index is 0.202. The topological polar surface area (TPSA) is 43.4 Å². The molecule has 0 fully saturated rings. The molecular formula is C21H40O3S. The predicted molar refractivity (Wildman–Crippen MR) is 109 cm³/mol. The lowest BCUT2D eigenvalue weighted by Crippen LogP contribution is -2.12. The number of hydrogen-bond donors (Lipinski definition) is 1. The van der Waals surface area contributed by atoms with Crippen molar-refractivity contribution in [3.05, 3.63) is 0 Å². The zero-order valence-electron chi connectivity index (χ0n) is 16.4. The first-order chi connectivity index (χ1) is 12.2. The minimum Gasteiger partial charge on any atom is -0.393 e. The molecule has 0 aliphatic carbocycles. The van der Waals surface area contributed by atoms with Crippen molar-refractivity contribution < 1.29 is 14.3 Å². The van der Waals surface area contributed by atoms with Crippen molar-refractivity contribution in [2.75, 3.05) is 5.75 Å². The molecule has 0 N–H and O–H groups in total. The average Bonchev–Trinajstić information content (AvgIpc) is 2.58. The molecule has 0 bridgehead atoms. The van der Waals surface area contributed by atoms with E-state index in [4.69, 9.17) is 0 Å². The van der Waals surface area contributed by atoms with Crippen LogP contribution >= 0.6 is 12.6 Å². The summed E-state index contributed by atoms with van der Waals surface area (Å²) in [4.78, 5) is 22.5. The van der Waals surface area contributed by atoms with Gasteiger partial charge in [-0.15, -0.1) is 0 Å². The normalized spacial score (nSPS) is 10.8. The Morgan fingerprint density at radius 3 is 1.36 bits per heavy atom. The Hall–Kier alpha value is -0.510. The summed E-state index contributed by atoms with van der Waals surface area (Å²) in [5, 5.41) is 0. The van der Waals surface area contributed by atoms with Crippen LogP contribution in [0.25, 0.3) is 0 Å². The van der Waals surface area contributed by atoms with Crippen LogP contribution in [0.5, 0.6) is 0 Å². The van der Waals surface area contributed by atoms with Gasteiger partial charge < -0.3 is 4.74 Å². The van der Waals surface area contributed by atoms with E-state index in [9.17, 15) is 9.59 Å². The summed E-state index contributed by atoms with van der Waals surface area (Å²) >= 11 is 3.94. The lowest BCUT2D eigenvalue weighted by atomic mass is 10.0. The van der Waals surface area contributed by atoms with Crippen LogP contribution in [0.15, 0.2) is 0 Å². The van der Waals surface area contributed by atoms with E-state index in [1.165, 1.54) is 83.5 Å². The van der Waals surface area contributed by atoms with Gasteiger partial charge >= 0.3 is 11.9 Å². The van der Waals surface area contributed by atoms with Crippen LogP contribution in [0, 0.1) is 0 Å². The average molecular weight is 373 g/mol. The Bertz CT molecular complexity index is 318. The molecule has 0 heterocycles. The fourth-order valence-corrected chi connectivity index (χ4v) is 3.14. The van der Waals surface area contributed by atoms with E-state index in [1.54, 1.807) is 0 Å². The number of hydrogen-bond acceptors (Lipinski definition) is 4. The number of esters is 2. The van der Waals surface area contributed by atoms with Gasteiger partial charge in [-0.2, -0.15) is 12.6 Å². The van der Waals surface area contributed by atoms with E-state index in [0.717, 1.165) is 12.8 Å². The van der Waals surface area contributed by atoms with E-state index >= 15 is 0 Å². The zero-order chi connectivity index (χ0) is 18.6. The van der Waals surface area contributed by atoms with Gasteiger partial charge in [0.25, 0.3) is 0 Å². The first-order valence-corrected chi connectivity index (χ1v) is 11.2. The Kier molecular flexibility index (Phi) is 19.4. The van der Waals surface area contributed by atoms with Gasteiger partial charge in [0, 0.05) is 12.2 Å². The summed E-state index contributed by atoms with van der Waals surface area (Å²) < 4.78 is 4.68. The highest BCUT2D eigenvalue weighted by atomic mass is 32.1. The van der Waals surface area contributed by atoms with E-state index in [0.29, 0.717) is 12.2 Å². The van der Waals surface area contributed by atoms with Gasteiger partial charge in [0.1, 0.15) is 0 Å². The second kappa shape index (κ2) is 19.8. The van der Waals surface area contributed by atoms with Crippen LogP contribution in [-0.2, 0) is 14.3 Å². The number of carbonyl (C=O) groups is 2. The molecule has 0 saturated carbocycles.